The van der Waals surface area contributed by atoms with Gasteiger partial charge in [-0.05, 0) is 39.0 Å². The lowest BCUT2D eigenvalue weighted by Crippen LogP contribution is -2.28. The first-order valence-corrected chi connectivity index (χ1v) is 6.21. The number of nitrogens with two attached hydrogens (primary N) is 1. The van der Waals surface area contributed by atoms with Crippen molar-refractivity contribution in [2.75, 3.05) is 5.73 Å². The molecule has 0 radical (unpaired) electrons. The fourth-order valence-electron chi connectivity index (χ4n) is 2.52. The summed E-state index contributed by atoms with van der Waals surface area (Å²) < 4.78 is 3.92. The van der Waals surface area contributed by atoms with Crippen LogP contribution in [0, 0.1) is 5.92 Å². The molecule has 0 amide bonds. The largest absolute Gasteiger partial charge is 0.393 e. The smallest absolute Gasteiger partial charge is 0.290 e. The maximum atomic E-state index is 12.1. The van der Waals surface area contributed by atoms with Crippen molar-refractivity contribution in [1.82, 2.24) is 9.36 Å². The SMILES string of the molecule is CCc1c(N)c(=O)n(C(C)C2CC2)n1CC. The molecule has 1 saturated carbocycles. The molecular weight excluding hydrogens is 202 g/mol. The summed E-state index contributed by atoms with van der Waals surface area (Å²) in [5.41, 5.74) is 7.32. The van der Waals surface area contributed by atoms with Crippen LogP contribution in [-0.4, -0.2) is 9.36 Å². The van der Waals surface area contributed by atoms with Gasteiger partial charge >= 0.3 is 0 Å². The second kappa shape index (κ2) is 4.00. The Bertz CT molecular complexity index is 440. The zero-order valence-electron chi connectivity index (χ0n) is 10.4. The van der Waals surface area contributed by atoms with Crippen molar-refractivity contribution in [2.45, 2.75) is 52.6 Å². The van der Waals surface area contributed by atoms with Gasteiger partial charge in [0.1, 0.15) is 5.69 Å². The van der Waals surface area contributed by atoms with E-state index < -0.39 is 0 Å². The van der Waals surface area contributed by atoms with E-state index in [-0.39, 0.29) is 11.6 Å². The van der Waals surface area contributed by atoms with E-state index in [9.17, 15) is 4.79 Å². The van der Waals surface area contributed by atoms with Crippen LogP contribution in [-0.2, 0) is 13.0 Å². The second-order valence-corrected chi connectivity index (χ2v) is 4.66. The molecule has 0 bridgehead atoms. The Morgan fingerprint density at radius 1 is 1.44 bits per heavy atom. The molecule has 1 atom stereocenters. The highest BCUT2D eigenvalue weighted by Crippen LogP contribution is 2.39. The van der Waals surface area contributed by atoms with E-state index in [1.807, 2.05) is 11.6 Å². The quantitative estimate of drug-likeness (QED) is 0.846. The molecule has 2 N–H and O–H groups in total. The number of hydrogen-bond donors (Lipinski definition) is 1. The van der Waals surface area contributed by atoms with Crippen LogP contribution in [0.4, 0.5) is 5.69 Å². The third-order valence-corrected chi connectivity index (χ3v) is 3.65. The summed E-state index contributed by atoms with van der Waals surface area (Å²) in [6, 6.07) is 0.287. The van der Waals surface area contributed by atoms with Gasteiger partial charge in [-0.25, -0.2) is 4.68 Å². The lowest BCUT2D eigenvalue weighted by molar-refractivity contribution is 0.350. The molecule has 16 heavy (non-hydrogen) atoms. The number of rotatable bonds is 4. The Hall–Kier alpha value is -1.19. The molecule has 0 aliphatic heterocycles. The van der Waals surface area contributed by atoms with Crippen molar-refractivity contribution >= 4 is 5.69 Å². The van der Waals surface area contributed by atoms with Gasteiger partial charge in [-0.1, -0.05) is 6.92 Å². The lowest BCUT2D eigenvalue weighted by Gasteiger charge is -2.18. The van der Waals surface area contributed by atoms with Crippen LogP contribution in [0.1, 0.15) is 45.3 Å². The predicted octanol–water partition coefficient (Wildman–Crippen LogP) is 1.79. The van der Waals surface area contributed by atoms with Crippen molar-refractivity contribution in [3.05, 3.63) is 16.0 Å². The fourth-order valence-corrected chi connectivity index (χ4v) is 2.52. The zero-order valence-corrected chi connectivity index (χ0v) is 10.4. The number of nitrogens with zero attached hydrogens (tertiary/aromatic N) is 2. The van der Waals surface area contributed by atoms with Crippen molar-refractivity contribution in [3.63, 3.8) is 0 Å². The molecule has 90 valence electrons. The highest BCUT2D eigenvalue weighted by atomic mass is 16.1. The summed E-state index contributed by atoms with van der Waals surface area (Å²) >= 11 is 0. The lowest BCUT2D eigenvalue weighted by atomic mass is 10.2. The fraction of sp³-hybridized carbons (Fsp3) is 0.750. The van der Waals surface area contributed by atoms with E-state index in [0.717, 1.165) is 18.7 Å². The van der Waals surface area contributed by atoms with Crippen LogP contribution in [0.3, 0.4) is 0 Å². The first-order chi connectivity index (χ1) is 7.61. The van der Waals surface area contributed by atoms with Crippen molar-refractivity contribution < 1.29 is 0 Å². The van der Waals surface area contributed by atoms with Gasteiger partial charge < -0.3 is 5.73 Å². The molecule has 2 rings (SSSR count). The summed E-state index contributed by atoms with van der Waals surface area (Å²) in [6.45, 7) is 7.05. The van der Waals surface area contributed by atoms with Crippen LogP contribution in [0.5, 0.6) is 0 Å². The van der Waals surface area contributed by atoms with Crippen LogP contribution in [0.2, 0.25) is 0 Å². The van der Waals surface area contributed by atoms with E-state index in [4.69, 9.17) is 5.73 Å². The minimum Gasteiger partial charge on any atom is -0.393 e. The maximum absolute atomic E-state index is 12.1. The second-order valence-electron chi connectivity index (χ2n) is 4.66. The highest BCUT2D eigenvalue weighted by Gasteiger charge is 2.32. The van der Waals surface area contributed by atoms with Crippen molar-refractivity contribution in [2.24, 2.45) is 5.92 Å². The Morgan fingerprint density at radius 3 is 2.50 bits per heavy atom. The molecule has 1 aliphatic rings. The molecule has 4 nitrogen and oxygen atoms in total. The van der Waals surface area contributed by atoms with Gasteiger partial charge in [-0.15, -0.1) is 0 Å². The Morgan fingerprint density at radius 2 is 2.06 bits per heavy atom. The minimum atomic E-state index is -0.00176. The van der Waals surface area contributed by atoms with E-state index in [1.54, 1.807) is 0 Å². The summed E-state index contributed by atoms with van der Waals surface area (Å²) in [6.07, 6.45) is 3.30. The molecule has 0 saturated heterocycles. The van der Waals surface area contributed by atoms with Crippen LogP contribution >= 0.6 is 0 Å². The zero-order chi connectivity index (χ0) is 11.9. The third-order valence-electron chi connectivity index (χ3n) is 3.65. The average molecular weight is 223 g/mol. The number of hydrogen-bond acceptors (Lipinski definition) is 2. The number of anilines is 1. The van der Waals surface area contributed by atoms with Gasteiger partial charge in [-0.2, -0.15) is 0 Å². The van der Waals surface area contributed by atoms with E-state index >= 15 is 0 Å². The Labute approximate surface area is 96.0 Å². The molecule has 1 fully saturated rings. The molecule has 1 aromatic rings. The maximum Gasteiger partial charge on any atom is 0.290 e. The van der Waals surface area contributed by atoms with E-state index in [2.05, 4.69) is 18.5 Å². The molecule has 1 aromatic heterocycles. The van der Waals surface area contributed by atoms with Gasteiger partial charge in [-0.3, -0.25) is 9.48 Å². The standard InChI is InChI=1S/C12H21N3O/c1-4-10-11(13)12(16)15(14(10)5-2)8(3)9-6-7-9/h8-9H,4-7,13H2,1-3H3. The van der Waals surface area contributed by atoms with Crippen molar-refractivity contribution in [1.29, 1.82) is 0 Å². The molecule has 1 unspecified atom stereocenters. The summed E-state index contributed by atoms with van der Waals surface area (Å²) in [5.74, 6) is 0.669. The van der Waals surface area contributed by atoms with Gasteiger partial charge in [0.15, 0.2) is 0 Å². The molecule has 1 heterocycles. The molecular formula is C12H21N3O. The topological polar surface area (TPSA) is 53.0 Å². The van der Waals surface area contributed by atoms with Crippen LogP contribution in [0.25, 0.3) is 0 Å². The van der Waals surface area contributed by atoms with Crippen LogP contribution < -0.4 is 11.3 Å². The molecule has 0 aromatic carbocycles. The normalized spacial score (nSPS) is 17.7. The molecule has 1 aliphatic carbocycles. The van der Waals surface area contributed by atoms with Gasteiger partial charge in [0.2, 0.25) is 0 Å². The summed E-state index contributed by atoms with van der Waals surface area (Å²) in [7, 11) is 0. The van der Waals surface area contributed by atoms with Gasteiger partial charge in [0.25, 0.3) is 5.56 Å². The summed E-state index contributed by atoms with van der Waals surface area (Å²) in [4.78, 5) is 12.1. The molecule has 0 spiro atoms. The Balaban J connectivity index is 2.53. The first-order valence-electron chi connectivity index (χ1n) is 6.21. The van der Waals surface area contributed by atoms with E-state index in [0.29, 0.717) is 11.6 Å². The first kappa shape index (κ1) is 11.3. The molecule has 4 heteroatoms. The average Bonchev–Trinajstić information content (AvgIpc) is 3.07. The number of aromatic nitrogens is 2. The monoisotopic (exact) mass is 223 g/mol. The van der Waals surface area contributed by atoms with Crippen LogP contribution in [0.15, 0.2) is 4.79 Å². The summed E-state index contributed by atoms with van der Waals surface area (Å²) in [5, 5.41) is 0. The van der Waals surface area contributed by atoms with Gasteiger partial charge in [0.05, 0.1) is 11.7 Å². The predicted molar refractivity (Wildman–Crippen MR) is 65.6 cm³/mol. The minimum absolute atomic E-state index is 0.00176. The Kier molecular flexibility index (Phi) is 2.82. The van der Waals surface area contributed by atoms with Crippen molar-refractivity contribution in [3.8, 4) is 0 Å². The van der Waals surface area contributed by atoms with E-state index in [1.165, 1.54) is 12.8 Å². The van der Waals surface area contributed by atoms with Gasteiger partial charge in [0, 0.05) is 6.54 Å². The third kappa shape index (κ3) is 1.56. The highest BCUT2D eigenvalue weighted by molar-refractivity contribution is 5.41. The number of nitrogen functional groups attached to an aromatic ring is 1.